The molecule has 0 bridgehead atoms. The average Bonchev–Trinajstić information content (AvgIpc) is 2.37. The zero-order chi connectivity index (χ0) is 13.6. The Hall–Kier alpha value is -1.08. The normalized spacial score (nSPS) is 14.2. The SMILES string of the molecule is CCCCC(=O)OP(=O)(c1ccccc1)C(C)C. The van der Waals surface area contributed by atoms with Crippen LogP contribution in [0.4, 0.5) is 0 Å². The van der Waals surface area contributed by atoms with Crippen LogP contribution in [0.15, 0.2) is 30.3 Å². The standard InChI is InChI=1S/C14H21O3P/c1-4-5-11-14(15)17-18(16,12(2)3)13-9-7-6-8-10-13/h6-10,12H,4-5,11H2,1-3H3. The average molecular weight is 268 g/mol. The van der Waals surface area contributed by atoms with Crippen molar-refractivity contribution >= 4 is 18.6 Å². The molecule has 1 aromatic carbocycles. The van der Waals surface area contributed by atoms with Gasteiger partial charge in [0.25, 0.3) is 7.37 Å². The molecular formula is C14H21O3P. The van der Waals surface area contributed by atoms with E-state index in [-0.39, 0.29) is 11.6 Å². The lowest BCUT2D eigenvalue weighted by Gasteiger charge is -2.22. The van der Waals surface area contributed by atoms with Crippen molar-refractivity contribution in [2.24, 2.45) is 0 Å². The maximum atomic E-state index is 12.8. The van der Waals surface area contributed by atoms with Crippen LogP contribution in [-0.4, -0.2) is 11.6 Å². The first kappa shape index (κ1) is 15.0. The lowest BCUT2D eigenvalue weighted by molar-refractivity contribution is -0.134. The van der Waals surface area contributed by atoms with E-state index in [1.54, 1.807) is 12.1 Å². The van der Waals surface area contributed by atoms with Crippen LogP contribution in [0.5, 0.6) is 0 Å². The minimum absolute atomic E-state index is 0.203. The van der Waals surface area contributed by atoms with Crippen molar-refractivity contribution in [2.45, 2.75) is 45.7 Å². The van der Waals surface area contributed by atoms with Crippen LogP contribution < -0.4 is 5.30 Å². The van der Waals surface area contributed by atoms with E-state index in [4.69, 9.17) is 4.52 Å². The third-order valence-corrected chi connectivity index (χ3v) is 5.62. The summed E-state index contributed by atoms with van der Waals surface area (Å²) in [6, 6.07) is 8.99. The number of carbonyl (C=O) groups excluding carboxylic acids is 1. The van der Waals surface area contributed by atoms with E-state index in [0.717, 1.165) is 12.8 Å². The molecule has 0 aliphatic heterocycles. The van der Waals surface area contributed by atoms with E-state index in [1.807, 2.05) is 39.0 Å². The van der Waals surface area contributed by atoms with E-state index in [1.165, 1.54) is 0 Å². The molecular weight excluding hydrogens is 247 g/mol. The molecule has 0 saturated carbocycles. The van der Waals surface area contributed by atoms with Gasteiger partial charge in [0.15, 0.2) is 0 Å². The maximum absolute atomic E-state index is 12.8. The molecule has 0 heterocycles. The second-order valence-corrected chi connectivity index (χ2v) is 7.52. The van der Waals surface area contributed by atoms with E-state index in [9.17, 15) is 9.36 Å². The largest absolute Gasteiger partial charge is 0.408 e. The van der Waals surface area contributed by atoms with Gasteiger partial charge >= 0.3 is 5.97 Å². The van der Waals surface area contributed by atoms with Gasteiger partial charge in [-0.15, -0.1) is 0 Å². The van der Waals surface area contributed by atoms with Gasteiger partial charge in [0.05, 0.1) is 0 Å². The first-order valence-electron chi connectivity index (χ1n) is 6.38. The summed E-state index contributed by atoms with van der Waals surface area (Å²) >= 11 is 0. The molecule has 0 radical (unpaired) electrons. The molecule has 0 amide bonds. The fourth-order valence-electron chi connectivity index (χ4n) is 1.61. The predicted molar refractivity (Wildman–Crippen MR) is 74.4 cm³/mol. The van der Waals surface area contributed by atoms with Gasteiger partial charge in [0, 0.05) is 17.4 Å². The van der Waals surface area contributed by atoms with Gasteiger partial charge in [-0.1, -0.05) is 45.4 Å². The molecule has 0 N–H and O–H groups in total. The van der Waals surface area contributed by atoms with E-state index >= 15 is 0 Å². The van der Waals surface area contributed by atoms with Crippen LogP contribution in [0.1, 0.15) is 40.0 Å². The van der Waals surface area contributed by atoms with Crippen molar-refractivity contribution in [3.8, 4) is 0 Å². The third-order valence-electron chi connectivity index (χ3n) is 2.77. The summed E-state index contributed by atoms with van der Waals surface area (Å²) in [4.78, 5) is 11.7. The van der Waals surface area contributed by atoms with Crippen LogP contribution in [0.2, 0.25) is 0 Å². The molecule has 1 unspecified atom stereocenters. The summed E-state index contributed by atoms with van der Waals surface area (Å²) in [5.41, 5.74) is -0.203. The Bertz CT molecular complexity index is 426. The second-order valence-electron chi connectivity index (χ2n) is 4.59. The molecule has 1 aromatic rings. The zero-order valence-corrected chi connectivity index (χ0v) is 12.2. The van der Waals surface area contributed by atoms with Crippen molar-refractivity contribution < 1.29 is 13.9 Å². The minimum atomic E-state index is -3.09. The Kier molecular flexibility index (Phi) is 5.61. The molecule has 1 atom stereocenters. The summed E-state index contributed by atoms with van der Waals surface area (Å²) in [5.74, 6) is -0.363. The number of benzene rings is 1. The van der Waals surface area contributed by atoms with E-state index < -0.39 is 7.37 Å². The lowest BCUT2D eigenvalue weighted by atomic mass is 10.3. The van der Waals surface area contributed by atoms with E-state index in [0.29, 0.717) is 11.7 Å². The fraction of sp³-hybridized carbons (Fsp3) is 0.500. The minimum Gasteiger partial charge on any atom is -0.408 e. The molecule has 0 aliphatic rings. The van der Waals surface area contributed by atoms with Crippen molar-refractivity contribution in [3.63, 3.8) is 0 Å². The van der Waals surface area contributed by atoms with Crippen LogP contribution in [0.3, 0.4) is 0 Å². The van der Waals surface area contributed by atoms with Crippen LogP contribution in [0, 0.1) is 0 Å². The van der Waals surface area contributed by atoms with Gasteiger partial charge in [-0.05, 0) is 18.6 Å². The quantitative estimate of drug-likeness (QED) is 0.738. The number of hydrogen-bond donors (Lipinski definition) is 0. The summed E-state index contributed by atoms with van der Waals surface area (Å²) in [7, 11) is -3.09. The van der Waals surface area contributed by atoms with Crippen molar-refractivity contribution in [1.29, 1.82) is 0 Å². The van der Waals surface area contributed by atoms with Crippen LogP contribution in [0.25, 0.3) is 0 Å². The smallest absolute Gasteiger partial charge is 0.311 e. The third kappa shape index (κ3) is 3.71. The Morgan fingerprint density at radius 2 is 1.89 bits per heavy atom. The molecule has 0 aliphatic carbocycles. The highest BCUT2D eigenvalue weighted by Crippen LogP contribution is 2.50. The van der Waals surface area contributed by atoms with Gasteiger partial charge in [-0.25, -0.2) is 0 Å². The molecule has 0 fully saturated rings. The van der Waals surface area contributed by atoms with Crippen molar-refractivity contribution in [2.75, 3.05) is 0 Å². The molecule has 0 spiro atoms. The first-order valence-corrected chi connectivity index (χ1v) is 8.08. The number of carbonyl (C=O) groups is 1. The molecule has 0 saturated heterocycles. The van der Waals surface area contributed by atoms with Crippen molar-refractivity contribution in [3.05, 3.63) is 30.3 Å². The lowest BCUT2D eigenvalue weighted by Crippen LogP contribution is -2.18. The monoisotopic (exact) mass is 268 g/mol. The number of rotatable bonds is 6. The van der Waals surface area contributed by atoms with E-state index in [2.05, 4.69) is 0 Å². The van der Waals surface area contributed by atoms with Gasteiger partial charge in [-0.2, -0.15) is 0 Å². The first-order chi connectivity index (χ1) is 8.50. The molecule has 4 heteroatoms. The summed E-state index contributed by atoms with van der Waals surface area (Å²) in [5, 5.41) is 0.616. The molecule has 0 aromatic heterocycles. The highest BCUT2D eigenvalue weighted by molar-refractivity contribution is 7.68. The molecule has 3 nitrogen and oxygen atoms in total. The molecule has 100 valence electrons. The Morgan fingerprint density at radius 3 is 2.39 bits per heavy atom. The van der Waals surface area contributed by atoms with Gasteiger partial charge < -0.3 is 4.52 Å². The summed E-state index contributed by atoms with van der Waals surface area (Å²) in [6.45, 7) is 5.65. The van der Waals surface area contributed by atoms with Crippen LogP contribution in [-0.2, 0) is 13.9 Å². The molecule has 1 rings (SSSR count). The number of hydrogen-bond acceptors (Lipinski definition) is 3. The fourth-order valence-corrected chi connectivity index (χ4v) is 3.50. The highest BCUT2D eigenvalue weighted by Gasteiger charge is 2.33. The second kappa shape index (κ2) is 6.75. The Labute approximate surface area is 109 Å². The topological polar surface area (TPSA) is 43.4 Å². The number of unbranched alkanes of at least 4 members (excludes halogenated alkanes) is 1. The maximum Gasteiger partial charge on any atom is 0.311 e. The Balaban J connectivity index is 2.89. The highest BCUT2D eigenvalue weighted by atomic mass is 31.2. The summed E-state index contributed by atoms with van der Waals surface area (Å²) in [6.07, 6.45) is 2.03. The van der Waals surface area contributed by atoms with Gasteiger partial charge in [-0.3, -0.25) is 9.36 Å². The predicted octanol–water partition coefficient (Wildman–Crippen LogP) is 3.73. The summed E-state index contributed by atoms with van der Waals surface area (Å²) < 4.78 is 18.1. The van der Waals surface area contributed by atoms with Crippen LogP contribution >= 0.6 is 7.37 Å². The van der Waals surface area contributed by atoms with Crippen molar-refractivity contribution in [1.82, 2.24) is 0 Å². The molecule has 18 heavy (non-hydrogen) atoms. The van der Waals surface area contributed by atoms with Gasteiger partial charge in [0.2, 0.25) is 0 Å². The Morgan fingerprint density at radius 1 is 1.28 bits per heavy atom. The zero-order valence-electron chi connectivity index (χ0n) is 11.3. The van der Waals surface area contributed by atoms with Gasteiger partial charge in [0.1, 0.15) is 0 Å².